The molecule has 0 heterocycles. The van der Waals surface area contributed by atoms with E-state index in [1.54, 1.807) is 31.4 Å². The second-order valence-electron chi connectivity index (χ2n) is 2.66. The van der Waals surface area contributed by atoms with E-state index in [4.69, 9.17) is 16.2 Å². The van der Waals surface area contributed by atoms with Gasteiger partial charge in [0.1, 0.15) is 11.8 Å². The van der Waals surface area contributed by atoms with Crippen LogP contribution in [0, 0.1) is 0 Å². The Morgan fingerprint density at radius 1 is 1.54 bits per heavy atom. The fourth-order valence-corrected chi connectivity index (χ4v) is 0.999. The Bertz CT molecular complexity index is 312. The van der Waals surface area contributed by atoms with Gasteiger partial charge in [-0.1, -0.05) is 12.1 Å². The predicted molar refractivity (Wildman–Crippen MR) is 49.1 cm³/mol. The van der Waals surface area contributed by atoms with Gasteiger partial charge in [-0.15, -0.1) is 0 Å². The molecule has 1 atom stereocenters. The summed E-state index contributed by atoms with van der Waals surface area (Å²) in [5.74, 6) is 0.113. The standard InChI is InChI=1S/C9H12N2O2/c1-13-7-4-2-3-6(5-7)8(10)9(11)12/h2-5,8H,10H2,1H3,(H2,11,12). The van der Waals surface area contributed by atoms with Gasteiger partial charge in [0.05, 0.1) is 7.11 Å². The molecule has 4 nitrogen and oxygen atoms in total. The number of rotatable bonds is 3. The number of ether oxygens (including phenoxy) is 1. The molecule has 70 valence electrons. The maximum atomic E-state index is 10.8. The minimum atomic E-state index is -0.768. The Morgan fingerprint density at radius 2 is 2.23 bits per heavy atom. The lowest BCUT2D eigenvalue weighted by Gasteiger charge is -2.08. The van der Waals surface area contributed by atoms with E-state index < -0.39 is 11.9 Å². The zero-order chi connectivity index (χ0) is 9.84. The summed E-state index contributed by atoms with van der Waals surface area (Å²) < 4.78 is 4.98. The van der Waals surface area contributed by atoms with E-state index in [0.717, 1.165) is 0 Å². The highest BCUT2D eigenvalue weighted by atomic mass is 16.5. The summed E-state index contributed by atoms with van der Waals surface area (Å²) in [5, 5.41) is 0. The molecule has 1 aromatic rings. The van der Waals surface area contributed by atoms with Gasteiger partial charge >= 0.3 is 0 Å². The van der Waals surface area contributed by atoms with Crippen molar-refractivity contribution in [3.63, 3.8) is 0 Å². The molecule has 4 heteroatoms. The number of hydrogen-bond acceptors (Lipinski definition) is 3. The SMILES string of the molecule is COc1cccc(C(N)C(N)=O)c1. The summed E-state index contributed by atoms with van der Waals surface area (Å²) in [7, 11) is 1.55. The molecule has 0 aliphatic carbocycles. The van der Waals surface area contributed by atoms with Crippen molar-refractivity contribution in [1.82, 2.24) is 0 Å². The Hall–Kier alpha value is -1.55. The molecule has 0 aliphatic rings. The smallest absolute Gasteiger partial charge is 0.238 e. The average molecular weight is 180 g/mol. The highest BCUT2D eigenvalue weighted by Crippen LogP contribution is 2.16. The first-order valence-electron chi connectivity index (χ1n) is 3.84. The van der Waals surface area contributed by atoms with Crippen molar-refractivity contribution in [2.75, 3.05) is 7.11 Å². The van der Waals surface area contributed by atoms with Crippen LogP contribution in [0.2, 0.25) is 0 Å². The van der Waals surface area contributed by atoms with Crippen molar-refractivity contribution in [3.8, 4) is 5.75 Å². The molecule has 1 aromatic carbocycles. The van der Waals surface area contributed by atoms with Crippen LogP contribution in [-0.4, -0.2) is 13.0 Å². The number of carbonyl (C=O) groups excluding carboxylic acids is 1. The van der Waals surface area contributed by atoms with Crippen LogP contribution < -0.4 is 16.2 Å². The van der Waals surface area contributed by atoms with Crippen molar-refractivity contribution >= 4 is 5.91 Å². The third-order valence-corrected chi connectivity index (χ3v) is 1.76. The summed E-state index contributed by atoms with van der Waals surface area (Å²) >= 11 is 0. The van der Waals surface area contributed by atoms with Crippen LogP contribution in [0.4, 0.5) is 0 Å². The maximum Gasteiger partial charge on any atom is 0.238 e. The van der Waals surface area contributed by atoms with Crippen LogP contribution in [0.25, 0.3) is 0 Å². The zero-order valence-corrected chi connectivity index (χ0v) is 7.36. The first-order valence-corrected chi connectivity index (χ1v) is 3.84. The molecule has 1 rings (SSSR count). The van der Waals surface area contributed by atoms with Crippen molar-refractivity contribution in [3.05, 3.63) is 29.8 Å². The highest BCUT2D eigenvalue weighted by Gasteiger charge is 2.11. The van der Waals surface area contributed by atoms with E-state index in [-0.39, 0.29) is 0 Å². The highest BCUT2D eigenvalue weighted by molar-refractivity contribution is 5.81. The third kappa shape index (κ3) is 2.19. The number of nitrogens with two attached hydrogens (primary N) is 2. The minimum Gasteiger partial charge on any atom is -0.497 e. The van der Waals surface area contributed by atoms with Crippen LogP contribution in [-0.2, 0) is 4.79 Å². The average Bonchev–Trinajstić information content (AvgIpc) is 2.16. The lowest BCUT2D eigenvalue weighted by molar-refractivity contribution is -0.119. The Morgan fingerprint density at radius 3 is 2.77 bits per heavy atom. The summed E-state index contributed by atoms with van der Waals surface area (Å²) in [6.07, 6.45) is 0. The lowest BCUT2D eigenvalue weighted by Crippen LogP contribution is -2.28. The summed E-state index contributed by atoms with van der Waals surface area (Å²) in [5.41, 5.74) is 11.2. The van der Waals surface area contributed by atoms with Crippen molar-refractivity contribution < 1.29 is 9.53 Å². The van der Waals surface area contributed by atoms with Crippen molar-refractivity contribution in [1.29, 1.82) is 0 Å². The quantitative estimate of drug-likeness (QED) is 0.696. The van der Waals surface area contributed by atoms with E-state index in [1.807, 2.05) is 0 Å². The van der Waals surface area contributed by atoms with Crippen molar-refractivity contribution in [2.24, 2.45) is 11.5 Å². The second-order valence-corrected chi connectivity index (χ2v) is 2.66. The van der Waals surface area contributed by atoms with Crippen LogP contribution >= 0.6 is 0 Å². The normalized spacial score (nSPS) is 12.2. The Kier molecular flexibility index (Phi) is 2.87. The molecule has 1 amide bonds. The molecule has 0 saturated carbocycles. The monoisotopic (exact) mass is 180 g/mol. The lowest BCUT2D eigenvalue weighted by atomic mass is 10.1. The van der Waals surface area contributed by atoms with Gasteiger partial charge in [-0.2, -0.15) is 0 Å². The number of methoxy groups -OCH3 is 1. The summed E-state index contributed by atoms with van der Waals surface area (Å²) in [6, 6.07) is 6.19. The van der Waals surface area contributed by atoms with Crippen LogP contribution in [0.5, 0.6) is 5.75 Å². The van der Waals surface area contributed by atoms with E-state index in [1.165, 1.54) is 0 Å². The van der Waals surface area contributed by atoms with Gasteiger partial charge in [-0.3, -0.25) is 4.79 Å². The number of primary amides is 1. The number of carbonyl (C=O) groups is 1. The fourth-order valence-electron chi connectivity index (χ4n) is 0.999. The van der Waals surface area contributed by atoms with Gasteiger partial charge in [0.2, 0.25) is 5.91 Å². The van der Waals surface area contributed by atoms with Crippen LogP contribution in [0.15, 0.2) is 24.3 Å². The van der Waals surface area contributed by atoms with Gasteiger partial charge < -0.3 is 16.2 Å². The zero-order valence-electron chi connectivity index (χ0n) is 7.36. The fraction of sp³-hybridized carbons (Fsp3) is 0.222. The van der Waals surface area contributed by atoms with Gasteiger partial charge in [-0.05, 0) is 17.7 Å². The van der Waals surface area contributed by atoms with Gasteiger partial charge in [0.15, 0.2) is 0 Å². The first-order chi connectivity index (χ1) is 6.15. The van der Waals surface area contributed by atoms with E-state index in [0.29, 0.717) is 11.3 Å². The molecule has 0 saturated heterocycles. The van der Waals surface area contributed by atoms with Gasteiger partial charge in [0.25, 0.3) is 0 Å². The predicted octanol–water partition coefficient (Wildman–Crippen LogP) is 0.180. The molecule has 0 bridgehead atoms. The molecule has 0 aromatic heterocycles. The second kappa shape index (κ2) is 3.91. The molecule has 1 unspecified atom stereocenters. The number of hydrogen-bond donors (Lipinski definition) is 2. The van der Waals surface area contributed by atoms with E-state index in [9.17, 15) is 4.79 Å². The van der Waals surface area contributed by atoms with Gasteiger partial charge in [0, 0.05) is 0 Å². The number of amides is 1. The summed E-state index contributed by atoms with van der Waals surface area (Å²) in [4.78, 5) is 10.8. The maximum absolute atomic E-state index is 10.8. The molecule has 0 radical (unpaired) electrons. The molecule has 0 aliphatic heterocycles. The third-order valence-electron chi connectivity index (χ3n) is 1.76. The molecule has 0 spiro atoms. The Labute approximate surface area is 76.5 Å². The molecular formula is C9H12N2O2. The van der Waals surface area contributed by atoms with Gasteiger partial charge in [-0.25, -0.2) is 0 Å². The first kappa shape index (κ1) is 9.54. The van der Waals surface area contributed by atoms with E-state index >= 15 is 0 Å². The largest absolute Gasteiger partial charge is 0.497 e. The van der Waals surface area contributed by atoms with E-state index in [2.05, 4.69) is 0 Å². The summed E-state index contributed by atoms with van der Waals surface area (Å²) in [6.45, 7) is 0. The van der Waals surface area contributed by atoms with Crippen LogP contribution in [0.1, 0.15) is 11.6 Å². The molecule has 0 fully saturated rings. The Balaban J connectivity index is 2.94. The molecular weight excluding hydrogens is 168 g/mol. The van der Waals surface area contributed by atoms with Crippen molar-refractivity contribution in [2.45, 2.75) is 6.04 Å². The molecule has 4 N–H and O–H groups in total. The van der Waals surface area contributed by atoms with Crippen LogP contribution in [0.3, 0.4) is 0 Å². The number of benzene rings is 1. The topological polar surface area (TPSA) is 78.3 Å². The minimum absolute atomic E-state index is 0.548. The molecule has 13 heavy (non-hydrogen) atoms.